The molecule has 0 saturated carbocycles. The van der Waals surface area contributed by atoms with Gasteiger partial charge in [0.1, 0.15) is 11.6 Å². The monoisotopic (exact) mass is 295 g/mol. The maximum atomic E-state index is 13.0. The molecule has 106 valence electrons. The number of thioether (sulfide) groups is 1. The number of furan rings is 1. The van der Waals surface area contributed by atoms with E-state index in [1.165, 1.54) is 31.0 Å². The van der Waals surface area contributed by atoms with E-state index in [2.05, 4.69) is 4.74 Å². The molecule has 1 atom stereocenters. The number of anilines is 1. The van der Waals surface area contributed by atoms with Crippen molar-refractivity contribution in [2.75, 3.05) is 12.8 Å². The summed E-state index contributed by atoms with van der Waals surface area (Å²) in [7, 11) is 1.29. The van der Waals surface area contributed by atoms with Crippen molar-refractivity contribution in [3.8, 4) is 0 Å². The second-order valence-corrected chi connectivity index (χ2v) is 5.52. The van der Waals surface area contributed by atoms with Gasteiger partial charge in [0.05, 0.1) is 12.4 Å². The molecule has 0 bridgehead atoms. The van der Waals surface area contributed by atoms with E-state index in [0.717, 1.165) is 4.90 Å². The van der Waals surface area contributed by atoms with Gasteiger partial charge >= 0.3 is 5.97 Å². The van der Waals surface area contributed by atoms with Crippen molar-refractivity contribution < 1.29 is 18.3 Å². The summed E-state index contributed by atoms with van der Waals surface area (Å²) in [5.41, 5.74) is 6.13. The predicted octanol–water partition coefficient (Wildman–Crippen LogP) is 3.64. The number of nitrogens with two attached hydrogens (primary N) is 1. The normalized spacial score (nSPS) is 12.2. The highest BCUT2D eigenvalue weighted by molar-refractivity contribution is 7.99. The topological polar surface area (TPSA) is 65.5 Å². The van der Waals surface area contributed by atoms with Crippen LogP contribution in [-0.4, -0.2) is 13.1 Å². The van der Waals surface area contributed by atoms with E-state index >= 15 is 0 Å². The highest BCUT2D eigenvalue weighted by Crippen LogP contribution is 2.38. The molecular weight excluding hydrogens is 281 g/mol. The zero-order valence-electron chi connectivity index (χ0n) is 11.1. The minimum atomic E-state index is -0.519. The lowest BCUT2D eigenvalue weighted by Crippen LogP contribution is -1.98. The summed E-state index contributed by atoms with van der Waals surface area (Å²) >= 11 is 1.43. The molecule has 1 aromatic carbocycles. The van der Waals surface area contributed by atoms with Crippen LogP contribution in [0.1, 0.15) is 28.5 Å². The summed E-state index contributed by atoms with van der Waals surface area (Å²) in [6, 6.07) is 7.52. The van der Waals surface area contributed by atoms with Crippen LogP contribution in [0.5, 0.6) is 0 Å². The van der Waals surface area contributed by atoms with Crippen LogP contribution in [0.25, 0.3) is 0 Å². The Morgan fingerprint density at radius 1 is 1.40 bits per heavy atom. The first-order chi connectivity index (χ1) is 9.51. The smallest absolute Gasteiger partial charge is 0.373 e. The quantitative estimate of drug-likeness (QED) is 0.530. The molecule has 1 unspecified atom stereocenters. The van der Waals surface area contributed by atoms with Crippen LogP contribution >= 0.6 is 11.8 Å². The zero-order valence-corrected chi connectivity index (χ0v) is 11.9. The molecule has 0 spiro atoms. The summed E-state index contributed by atoms with van der Waals surface area (Å²) in [4.78, 5) is 12.1. The summed E-state index contributed by atoms with van der Waals surface area (Å²) in [5.74, 6) is -0.110. The van der Waals surface area contributed by atoms with Crippen LogP contribution in [0, 0.1) is 5.82 Å². The molecule has 2 N–H and O–H groups in total. The number of methoxy groups -OCH3 is 1. The highest BCUT2D eigenvalue weighted by Gasteiger charge is 2.17. The van der Waals surface area contributed by atoms with Crippen molar-refractivity contribution in [3.05, 3.63) is 47.7 Å². The zero-order chi connectivity index (χ0) is 14.7. The van der Waals surface area contributed by atoms with Crippen molar-refractivity contribution in [2.45, 2.75) is 17.1 Å². The van der Waals surface area contributed by atoms with E-state index in [1.54, 1.807) is 18.2 Å². The first kappa shape index (κ1) is 14.5. The maximum absolute atomic E-state index is 13.0. The maximum Gasteiger partial charge on any atom is 0.373 e. The Labute approximate surface area is 120 Å². The van der Waals surface area contributed by atoms with Crippen molar-refractivity contribution in [1.82, 2.24) is 0 Å². The molecule has 0 radical (unpaired) electrons. The van der Waals surface area contributed by atoms with E-state index in [-0.39, 0.29) is 16.8 Å². The van der Waals surface area contributed by atoms with Crippen LogP contribution in [0.3, 0.4) is 0 Å². The Hall–Kier alpha value is -1.95. The molecule has 0 aliphatic heterocycles. The van der Waals surface area contributed by atoms with Gasteiger partial charge < -0.3 is 14.9 Å². The van der Waals surface area contributed by atoms with Crippen LogP contribution in [0.4, 0.5) is 10.1 Å². The van der Waals surface area contributed by atoms with Crippen molar-refractivity contribution in [3.63, 3.8) is 0 Å². The molecule has 1 aromatic heterocycles. The van der Waals surface area contributed by atoms with Crippen LogP contribution in [0.15, 0.2) is 39.6 Å². The number of carbonyl (C=O) groups is 1. The number of carbonyl (C=O) groups excluding carboxylic acids is 1. The molecule has 0 amide bonds. The number of esters is 1. The summed E-state index contributed by atoms with van der Waals surface area (Å²) in [6.07, 6.45) is 0. The molecule has 2 aromatic rings. The molecule has 2 rings (SSSR count). The van der Waals surface area contributed by atoms with Gasteiger partial charge in [0, 0.05) is 10.6 Å². The standard InChI is InChI=1S/C14H14FNO3S/c1-8(11-4-5-12(19-11)14(17)18-2)20-13-6-3-9(15)7-10(13)16/h3-8H,16H2,1-2H3. The van der Waals surface area contributed by atoms with Gasteiger partial charge in [0.15, 0.2) is 0 Å². The Bertz CT molecular complexity index is 627. The van der Waals surface area contributed by atoms with Gasteiger partial charge in [0.2, 0.25) is 5.76 Å². The lowest BCUT2D eigenvalue weighted by atomic mass is 10.3. The molecule has 1 heterocycles. The molecular formula is C14H14FNO3S. The molecule has 0 saturated heterocycles. The SMILES string of the molecule is COC(=O)c1ccc(C(C)Sc2ccc(F)cc2N)o1. The molecule has 20 heavy (non-hydrogen) atoms. The van der Waals surface area contributed by atoms with Gasteiger partial charge in [-0.1, -0.05) is 0 Å². The van der Waals surface area contributed by atoms with Crippen molar-refractivity contribution >= 4 is 23.4 Å². The third-order valence-electron chi connectivity index (χ3n) is 2.69. The Morgan fingerprint density at radius 3 is 2.80 bits per heavy atom. The first-order valence-electron chi connectivity index (χ1n) is 5.91. The minimum absolute atomic E-state index is 0.0684. The van der Waals surface area contributed by atoms with Crippen LogP contribution < -0.4 is 5.73 Å². The van der Waals surface area contributed by atoms with E-state index in [0.29, 0.717) is 11.4 Å². The second-order valence-electron chi connectivity index (χ2n) is 4.14. The highest BCUT2D eigenvalue weighted by atomic mass is 32.2. The number of hydrogen-bond donors (Lipinski definition) is 1. The van der Waals surface area contributed by atoms with Gasteiger partial charge in [-0.3, -0.25) is 0 Å². The number of benzene rings is 1. The van der Waals surface area contributed by atoms with E-state index in [9.17, 15) is 9.18 Å². The van der Waals surface area contributed by atoms with Gasteiger partial charge in [0.25, 0.3) is 0 Å². The fourth-order valence-corrected chi connectivity index (χ4v) is 2.62. The van der Waals surface area contributed by atoms with Crippen molar-refractivity contribution in [2.24, 2.45) is 0 Å². The van der Waals surface area contributed by atoms with Gasteiger partial charge in [-0.15, -0.1) is 11.8 Å². The van der Waals surface area contributed by atoms with E-state index in [1.807, 2.05) is 6.92 Å². The number of hydrogen-bond acceptors (Lipinski definition) is 5. The molecule has 0 aliphatic carbocycles. The summed E-state index contributed by atoms with van der Waals surface area (Å²) in [5, 5.41) is -0.0684. The third-order valence-corrected chi connectivity index (χ3v) is 3.90. The first-order valence-corrected chi connectivity index (χ1v) is 6.79. The lowest BCUT2D eigenvalue weighted by molar-refractivity contribution is 0.0563. The Morgan fingerprint density at radius 2 is 2.15 bits per heavy atom. The van der Waals surface area contributed by atoms with Gasteiger partial charge in [-0.05, 0) is 37.3 Å². The molecule has 4 nitrogen and oxygen atoms in total. The summed E-state index contributed by atoms with van der Waals surface area (Å²) < 4.78 is 23.0. The van der Waals surface area contributed by atoms with Crippen LogP contribution in [0.2, 0.25) is 0 Å². The largest absolute Gasteiger partial charge is 0.463 e. The number of nitrogen functional groups attached to an aromatic ring is 1. The van der Waals surface area contributed by atoms with Crippen LogP contribution in [-0.2, 0) is 4.74 Å². The molecule has 0 aliphatic rings. The predicted molar refractivity (Wildman–Crippen MR) is 75.1 cm³/mol. The number of halogens is 1. The molecule has 6 heteroatoms. The number of rotatable bonds is 4. The van der Waals surface area contributed by atoms with Gasteiger partial charge in [-0.25, -0.2) is 9.18 Å². The average molecular weight is 295 g/mol. The minimum Gasteiger partial charge on any atom is -0.463 e. The van der Waals surface area contributed by atoms with E-state index < -0.39 is 5.97 Å². The van der Waals surface area contributed by atoms with E-state index in [4.69, 9.17) is 10.2 Å². The summed E-state index contributed by atoms with van der Waals surface area (Å²) in [6.45, 7) is 1.91. The second kappa shape index (κ2) is 6.00. The third kappa shape index (κ3) is 3.14. The lowest BCUT2D eigenvalue weighted by Gasteiger charge is -2.10. The fraction of sp³-hybridized carbons (Fsp3) is 0.214. The fourth-order valence-electron chi connectivity index (χ4n) is 1.66. The molecule has 0 fully saturated rings. The number of ether oxygens (including phenoxy) is 1. The van der Waals surface area contributed by atoms with Crippen molar-refractivity contribution in [1.29, 1.82) is 0 Å². The average Bonchev–Trinajstić information content (AvgIpc) is 2.90. The van der Waals surface area contributed by atoms with Gasteiger partial charge in [-0.2, -0.15) is 0 Å². The Balaban J connectivity index is 2.13. The Kier molecular flexibility index (Phi) is 4.34.